The topological polar surface area (TPSA) is 36.2 Å². The van der Waals surface area contributed by atoms with E-state index >= 15 is 0 Å². The van der Waals surface area contributed by atoms with Crippen molar-refractivity contribution in [3.05, 3.63) is 38.7 Å². The van der Waals surface area contributed by atoms with Crippen molar-refractivity contribution in [1.82, 2.24) is 9.36 Å². The third kappa shape index (κ3) is 2.66. The van der Waals surface area contributed by atoms with Gasteiger partial charge >= 0.3 is 0 Å². The fourth-order valence-corrected chi connectivity index (χ4v) is 3.30. The van der Waals surface area contributed by atoms with Gasteiger partial charge < -0.3 is 4.74 Å². The van der Waals surface area contributed by atoms with Crippen LogP contribution in [0.25, 0.3) is 11.1 Å². The van der Waals surface area contributed by atoms with Gasteiger partial charge in [0.15, 0.2) is 0 Å². The molecule has 1 aliphatic rings. The van der Waals surface area contributed by atoms with E-state index in [-0.39, 0.29) is 11.7 Å². The van der Waals surface area contributed by atoms with Crippen molar-refractivity contribution >= 4 is 23.2 Å². The Morgan fingerprint density at radius 1 is 1.14 bits per heavy atom. The second-order valence-electron chi connectivity index (χ2n) is 5.74. The summed E-state index contributed by atoms with van der Waals surface area (Å²) >= 11 is 12.6. The maximum absolute atomic E-state index is 12.6. The van der Waals surface area contributed by atoms with Crippen LogP contribution in [0.5, 0.6) is 5.75 Å². The molecule has 0 atom stereocenters. The number of aromatic nitrogens is 2. The van der Waals surface area contributed by atoms with Crippen LogP contribution < -0.4 is 10.3 Å². The number of nitrogens with zero attached hydrogens (tertiary/aromatic N) is 2. The molecule has 0 saturated carbocycles. The zero-order chi connectivity index (χ0) is 15.9. The Morgan fingerprint density at radius 2 is 1.82 bits per heavy atom. The fourth-order valence-electron chi connectivity index (χ4n) is 2.77. The SMILES string of the molecule is CC(C)Oc1cc(-c2c(Cl)n3n(c2=O)CCCC3)ccc1Cl. The Bertz CT molecular complexity index is 762. The van der Waals surface area contributed by atoms with Gasteiger partial charge in [-0.05, 0) is 44.4 Å². The van der Waals surface area contributed by atoms with Crippen LogP contribution in [-0.2, 0) is 13.1 Å². The molecule has 0 aliphatic carbocycles. The van der Waals surface area contributed by atoms with Crippen molar-refractivity contribution in [2.24, 2.45) is 0 Å². The molecule has 118 valence electrons. The maximum Gasteiger partial charge on any atom is 0.276 e. The molecular weight excluding hydrogens is 323 g/mol. The highest BCUT2D eigenvalue weighted by Gasteiger charge is 2.22. The van der Waals surface area contributed by atoms with Crippen molar-refractivity contribution in [2.45, 2.75) is 45.9 Å². The van der Waals surface area contributed by atoms with E-state index in [1.54, 1.807) is 16.8 Å². The van der Waals surface area contributed by atoms with Gasteiger partial charge in [-0.15, -0.1) is 0 Å². The summed E-state index contributed by atoms with van der Waals surface area (Å²) in [6, 6.07) is 5.34. The molecule has 1 aromatic heterocycles. The molecule has 1 aromatic carbocycles. The smallest absolute Gasteiger partial charge is 0.276 e. The molecule has 0 radical (unpaired) electrons. The summed E-state index contributed by atoms with van der Waals surface area (Å²) in [4.78, 5) is 12.6. The average molecular weight is 341 g/mol. The Labute approximate surface area is 139 Å². The van der Waals surface area contributed by atoms with E-state index in [2.05, 4.69) is 0 Å². The number of hydrogen-bond donors (Lipinski definition) is 0. The summed E-state index contributed by atoms with van der Waals surface area (Å²) in [6.07, 6.45) is 2.05. The highest BCUT2D eigenvalue weighted by Crippen LogP contribution is 2.33. The van der Waals surface area contributed by atoms with Crippen molar-refractivity contribution in [1.29, 1.82) is 0 Å². The number of fused-ring (bicyclic) bond motifs is 1. The summed E-state index contributed by atoms with van der Waals surface area (Å²) in [7, 11) is 0. The van der Waals surface area contributed by atoms with E-state index in [1.807, 2.05) is 24.6 Å². The van der Waals surface area contributed by atoms with Crippen LogP contribution in [0, 0.1) is 0 Å². The van der Waals surface area contributed by atoms with Gasteiger partial charge in [0.2, 0.25) is 0 Å². The maximum atomic E-state index is 12.6. The van der Waals surface area contributed by atoms with Crippen LogP contribution in [-0.4, -0.2) is 15.5 Å². The molecule has 0 saturated heterocycles. The van der Waals surface area contributed by atoms with Crippen LogP contribution >= 0.6 is 23.2 Å². The molecule has 0 amide bonds. The third-order valence-corrected chi connectivity index (χ3v) is 4.44. The highest BCUT2D eigenvalue weighted by molar-refractivity contribution is 6.33. The Morgan fingerprint density at radius 3 is 2.45 bits per heavy atom. The molecule has 6 heteroatoms. The fraction of sp³-hybridized carbons (Fsp3) is 0.438. The van der Waals surface area contributed by atoms with Crippen molar-refractivity contribution in [3.63, 3.8) is 0 Å². The summed E-state index contributed by atoms with van der Waals surface area (Å²) in [5.74, 6) is 0.568. The van der Waals surface area contributed by atoms with Gasteiger partial charge in [-0.25, -0.2) is 4.68 Å². The highest BCUT2D eigenvalue weighted by atomic mass is 35.5. The molecular formula is C16H18Cl2N2O2. The molecule has 0 fully saturated rings. The molecule has 1 aliphatic heterocycles. The van der Waals surface area contributed by atoms with Crippen molar-refractivity contribution in [2.75, 3.05) is 0 Å². The van der Waals surface area contributed by atoms with E-state index in [0.717, 1.165) is 24.9 Å². The first kappa shape index (κ1) is 15.5. The third-order valence-electron chi connectivity index (χ3n) is 3.75. The zero-order valence-corrected chi connectivity index (χ0v) is 14.1. The summed E-state index contributed by atoms with van der Waals surface area (Å²) in [5.41, 5.74) is 1.21. The van der Waals surface area contributed by atoms with Crippen LogP contribution in [0.2, 0.25) is 10.2 Å². The number of halogens is 2. The lowest BCUT2D eigenvalue weighted by Crippen LogP contribution is -2.27. The minimum atomic E-state index is -0.0532. The Balaban J connectivity index is 2.12. The zero-order valence-electron chi connectivity index (χ0n) is 12.6. The quantitative estimate of drug-likeness (QED) is 0.839. The summed E-state index contributed by atoms with van der Waals surface area (Å²) in [5, 5.41) is 1.01. The van der Waals surface area contributed by atoms with Crippen molar-refractivity contribution in [3.8, 4) is 16.9 Å². The average Bonchev–Trinajstić information content (AvgIpc) is 2.74. The van der Waals surface area contributed by atoms with Gasteiger partial charge in [0.1, 0.15) is 10.9 Å². The summed E-state index contributed by atoms with van der Waals surface area (Å²) in [6.45, 7) is 5.35. The van der Waals surface area contributed by atoms with Gasteiger partial charge in [-0.2, -0.15) is 0 Å². The first-order valence-corrected chi connectivity index (χ1v) is 8.20. The molecule has 4 nitrogen and oxygen atoms in total. The first-order chi connectivity index (χ1) is 10.5. The molecule has 0 N–H and O–H groups in total. The summed E-state index contributed by atoms with van der Waals surface area (Å²) < 4.78 is 9.28. The lowest BCUT2D eigenvalue weighted by Gasteiger charge is -2.17. The van der Waals surface area contributed by atoms with Crippen LogP contribution in [0.1, 0.15) is 26.7 Å². The second kappa shape index (κ2) is 6.01. The van der Waals surface area contributed by atoms with Gasteiger partial charge in [0.25, 0.3) is 5.56 Å². The standard InChI is InChI=1S/C16H18Cl2N2O2/c1-10(2)22-13-9-11(5-6-12(13)17)14-15(18)19-7-3-4-8-20(19)16(14)21/h5-6,9-10H,3-4,7-8H2,1-2H3. The Kier molecular flexibility index (Phi) is 4.24. The predicted molar refractivity (Wildman–Crippen MR) is 89.1 cm³/mol. The number of rotatable bonds is 3. The van der Waals surface area contributed by atoms with Gasteiger partial charge in [-0.3, -0.25) is 9.48 Å². The minimum Gasteiger partial charge on any atom is -0.489 e. The van der Waals surface area contributed by atoms with E-state index in [0.29, 0.717) is 28.0 Å². The van der Waals surface area contributed by atoms with E-state index < -0.39 is 0 Å². The predicted octanol–water partition coefficient (Wildman–Crippen LogP) is 4.20. The number of hydrogen-bond acceptors (Lipinski definition) is 2. The molecule has 0 bridgehead atoms. The number of ether oxygens (including phenoxy) is 1. The van der Waals surface area contributed by atoms with E-state index in [1.165, 1.54) is 0 Å². The largest absolute Gasteiger partial charge is 0.489 e. The minimum absolute atomic E-state index is 0.00608. The van der Waals surface area contributed by atoms with Gasteiger partial charge in [0.05, 0.1) is 16.7 Å². The van der Waals surface area contributed by atoms with E-state index in [4.69, 9.17) is 27.9 Å². The number of benzene rings is 1. The van der Waals surface area contributed by atoms with E-state index in [9.17, 15) is 4.79 Å². The van der Waals surface area contributed by atoms with Gasteiger partial charge in [-0.1, -0.05) is 29.3 Å². The molecule has 2 aromatic rings. The second-order valence-corrected chi connectivity index (χ2v) is 6.50. The molecule has 0 unspecified atom stereocenters. The monoisotopic (exact) mass is 340 g/mol. The lowest BCUT2D eigenvalue weighted by molar-refractivity contribution is 0.242. The van der Waals surface area contributed by atoms with Crippen LogP contribution in [0.15, 0.2) is 23.0 Å². The molecule has 22 heavy (non-hydrogen) atoms. The molecule has 2 heterocycles. The van der Waals surface area contributed by atoms with Crippen LogP contribution in [0.3, 0.4) is 0 Å². The first-order valence-electron chi connectivity index (χ1n) is 7.44. The normalized spacial score (nSPS) is 14.2. The molecule has 0 spiro atoms. The molecule has 3 rings (SSSR count). The van der Waals surface area contributed by atoms with Crippen LogP contribution in [0.4, 0.5) is 0 Å². The van der Waals surface area contributed by atoms with Crippen molar-refractivity contribution < 1.29 is 4.74 Å². The van der Waals surface area contributed by atoms with Gasteiger partial charge in [0, 0.05) is 13.1 Å². The lowest BCUT2D eigenvalue weighted by atomic mass is 10.1. The Hall–Kier alpha value is -1.39.